The molecule has 2 rings (SSSR count). The summed E-state index contributed by atoms with van der Waals surface area (Å²) in [5.74, 6) is 0.442. The van der Waals surface area contributed by atoms with Crippen LogP contribution in [0.15, 0.2) is 24.3 Å². The van der Waals surface area contributed by atoms with Crippen molar-refractivity contribution in [2.75, 3.05) is 6.54 Å². The summed E-state index contributed by atoms with van der Waals surface area (Å²) in [6, 6.07) is 9.45. The lowest BCUT2D eigenvalue weighted by Crippen LogP contribution is -2.32. The van der Waals surface area contributed by atoms with E-state index in [-0.39, 0.29) is 18.2 Å². The highest BCUT2D eigenvalue weighted by atomic mass is 16.5. The summed E-state index contributed by atoms with van der Waals surface area (Å²) >= 11 is 0. The van der Waals surface area contributed by atoms with Gasteiger partial charge in [0.15, 0.2) is 6.23 Å². The van der Waals surface area contributed by atoms with Gasteiger partial charge in [0.2, 0.25) is 5.91 Å². The molecule has 1 heterocycles. The van der Waals surface area contributed by atoms with Gasteiger partial charge in [0.25, 0.3) is 0 Å². The van der Waals surface area contributed by atoms with E-state index in [0.717, 1.165) is 12.0 Å². The molecule has 0 radical (unpaired) electrons. The Balaban J connectivity index is 2.25. The van der Waals surface area contributed by atoms with Gasteiger partial charge < -0.3 is 9.64 Å². The van der Waals surface area contributed by atoms with Gasteiger partial charge >= 0.3 is 0 Å². The van der Waals surface area contributed by atoms with E-state index >= 15 is 0 Å². The minimum absolute atomic E-state index is 0.0665. The molecule has 0 bridgehead atoms. The molecule has 2 unspecified atom stereocenters. The molecule has 4 heteroatoms. The molecule has 1 saturated heterocycles. The third kappa shape index (κ3) is 3.62. The van der Waals surface area contributed by atoms with E-state index in [0.29, 0.717) is 24.4 Å². The van der Waals surface area contributed by atoms with Crippen LogP contribution in [0.25, 0.3) is 0 Å². The van der Waals surface area contributed by atoms with Gasteiger partial charge in [-0.15, -0.1) is 0 Å². The van der Waals surface area contributed by atoms with Gasteiger partial charge in [-0.1, -0.05) is 32.9 Å². The van der Waals surface area contributed by atoms with Crippen molar-refractivity contribution < 1.29 is 9.53 Å². The number of benzene rings is 1. The quantitative estimate of drug-likeness (QED) is 0.853. The van der Waals surface area contributed by atoms with Crippen molar-refractivity contribution in [1.29, 1.82) is 5.26 Å². The first kappa shape index (κ1) is 15.5. The van der Waals surface area contributed by atoms with Crippen molar-refractivity contribution in [2.45, 2.75) is 45.9 Å². The number of nitrogens with zero attached hydrogens (tertiary/aromatic N) is 2. The molecule has 0 aliphatic carbocycles. The van der Waals surface area contributed by atoms with Gasteiger partial charge in [-0.25, -0.2) is 0 Å². The molecule has 1 aromatic carbocycles. The van der Waals surface area contributed by atoms with Gasteiger partial charge in [-0.2, -0.15) is 5.26 Å². The lowest BCUT2D eigenvalue weighted by Gasteiger charge is -2.24. The maximum atomic E-state index is 12.4. The van der Waals surface area contributed by atoms with Crippen LogP contribution in [0.2, 0.25) is 0 Å². The lowest BCUT2D eigenvalue weighted by atomic mass is 10.1. The molecule has 1 aliphatic rings. The van der Waals surface area contributed by atoms with Gasteiger partial charge in [-0.05, 0) is 24.5 Å². The minimum Gasteiger partial charge on any atom is -0.349 e. The van der Waals surface area contributed by atoms with Crippen LogP contribution in [-0.2, 0) is 9.53 Å². The van der Waals surface area contributed by atoms with Crippen molar-refractivity contribution in [1.82, 2.24) is 4.90 Å². The van der Waals surface area contributed by atoms with Gasteiger partial charge in [0.05, 0.1) is 17.7 Å². The molecule has 0 N–H and O–H groups in total. The maximum absolute atomic E-state index is 12.4. The maximum Gasteiger partial charge on any atom is 0.225 e. The fourth-order valence-corrected chi connectivity index (χ4v) is 2.56. The zero-order valence-corrected chi connectivity index (χ0v) is 12.9. The van der Waals surface area contributed by atoms with Crippen molar-refractivity contribution in [3.05, 3.63) is 35.4 Å². The van der Waals surface area contributed by atoms with Crippen molar-refractivity contribution in [2.24, 2.45) is 5.92 Å². The highest BCUT2D eigenvalue weighted by Crippen LogP contribution is 2.32. The Labute approximate surface area is 126 Å². The summed E-state index contributed by atoms with van der Waals surface area (Å²) in [7, 11) is 0. The number of carbonyl (C=O) groups is 1. The van der Waals surface area contributed by atoms with E-state index in [2.05, 4.69) is 13.0 Å². The van der Waals surface area contributed by atoms with E-state index in [4.69, 9.17) is 10.00 Å². The third-order valence-corrected chi connectivity index (χ3v) is 3.66. The molecule has 1 aliphatic heterocycles. The molecular weight excluding hydrogens is 264 g/mol. The Morgan fingerprint density at radius 1 is 1.52 bits per heavy atom. The average Bonchev–Trinajstić information content (AvgIpc) is 2.91. The first-order valence-corrected chi connectivity index (χ1v) is 7.50. The number of hydrogen-bond donors (Lipinski definition) is 0. The first-order chi connectivity index (χ1) is 10.0. The fourth-order valence-electron chi connectivity index (χ4n) is 2.56. The second-order valence-electron chi connectivity index (χ2n) is 5.90. The van der Waals surface area contributed by atoms with Crippen LogP contribution in [0.3, 0.4) is 0 Å². The number of ether oxygens (including phenoxy) is 1. The Bertz CT molecular complexity index is 548. The Morgan fingerprint density at radius 2 is 2.29 bits per heavy atom. The molecule has 0 aromatic heterocycles. The van der Waals surface area contributed by atoms with Crippen LogP contribution < -0.4 is 0 Å². The van der Waals surface area contributed by atoms with Crippen LogP contribution in [0, 0.1) is 17.2 Å². The van der Waals surface area contributed by atoms with Gasteiger partial charge in [0, 0.05) is 18.5 Å². The van der Waals surface area contributed by atoms with Gasteiger partial charge in [0.1, 0.15) is 0 Å². The number of rotatable bonds is 4. The predicted octanol–water partition coefficient (Wildman–Crippen LogP) is 3.24. The summed E-state index contributed by atoms with van der Waals surface area (Å²) in [5, 5.41) is 9.03. The number of amides is 1. The van der Waals surface area contributed by atoms with Gasteiger partial charge in [-0.3, -0.25) is 4.79 Å². The molecule has 0 saturated carbocycles. The highest BCUT2D eigenvalue weighted by molar-refractivity contribution is 5.77. The van der Waals surface area contributed by atoms with E-state index in [1.807, 2.05) is 30.9 Å². The molecule has 4 nitrogen and oxygen atoms in total. The second kappa shape index (κ2) is 6.73. The molecule has 1 aromatic rings. The van der Waals surface area contributed by atoms with Crippen LogP contribution >= 0.6 is 0 Å². The molecule has 21 heavy (non-hydrogen) atoms. The summed E-state index contributed by atoms with van der Waals surface area (Å²) in [4.78, 5) is 14.2. The monoisotopic (exact) mass is 286 g/mol. The molecular formula is C17H22N2O2. The summed E-state index contributed by atoms with van der Waals surface area (Å²) in [5.41, 5.74) is 1.47. The van der Waals surface area contributed by atoms with Crippen LogP contribution in [0.4, 0.5) is 0 Å². The Hall–Kier alpha value is -1.86. The van der Waals surface area contributed by atoms with E-state index in [9.17, 15) is 4.79 Å². The van der Waals surface area contributed by atoms with E-state index in [1.165, 1.54) is 0 Å². The molecule has 1 fully saturated rings. The molecule has 1 amide bonds. The van der Waals surface area contributed by atoms with Crippen LogP contribution in [0.5, 0.6) is 0 Å². The highest BCUT2D eigenvalue weighted by Gasteiger charge is 2.36. The lowest BCUT2D eigenvalue weighted by molar-refractivity contribution is -0.137. The zero-order valence-electron chi connectivity index (χ0n) is 12.9. The Kier molecular flexibility index (Phi) is 4.98. The normalized spacial score (nSPS) is 21.6. The van der Waals surface area contributed by atoms with Crippen molar-refractivity contribution in [3.63, 3.8) is 0 Å². The smallest absolute Gasteiger partial charge is 0.225 e. The fraction of sp³-hybridized carbons (Fsp3) is 0.529. The Morgan fingerprint density at radius 3 is 2.90 bits per heavy atom. The van der Waals surface area contributed by atoms with Crippen molar-refractivity contribution >= 4 is 5.91 Å². The van der Waals surface area contributed by atoms with E-state index in [1.54, 1.807) is 12.1 Å². The van der Waals surface area contributed by atoms with Crippen LogP contribution in [-0.4, -0.2) is 23.5 Å². The minimum atomic E-state index is -0.366. The standard InChI is InChI=1S/C17H22N2O2/c1-4-15-11-19(16(20)8-12(2)3)17(21-15)14-7-5-6-13(9-14)10-18/h5-7,9,12,15,17H,4,8,11H2,1-3H3. The predicted molar refractivity (Wildman–Crippen MR) is 80.2 cm³/mol. The summed E-state index contributed by atoms with van der Waals surface area (Å²) in [6.07, 6.45) is 1.10. The van der Waals surface area contributed by atoms with Crippen LogP contribution in [0.1, 0.15) is 51.0 Å². The largest absolute Gasteiger partial charge is 0.349 e. The summed E-state index contributed by atoms with van der Waals surface area (Å²) < 4.78 is 6.01. The number of hydrogen-bond acceptors (Lipinski definition) is 3. The molecule has 0 spiro atoms. The van der Waals surface area contributed by atoms with Crippen molar-refractivity contribution in [3.8, 4) is 6.07 Å². The number of carbonyl (C=O) groups excluding carboxylic acids is 1. The topological polar surface area (TPSA) is 53.3 Å². The SMILES string of the molecule is CCC1CN(C(=O)CC(C)C)C(c2cccc(C#N)c2)O1. The number of nitriles is 1. The average molecular weight is 286 g/mol. The third-order valence-electron chi connectivity index (χ3n) is 3.66. The first-order valence-electron chi connectivity index (χ1n) is 7.50. The molecule has 112 valence electrons. The molecule has 2 atom stereocenters. The van der Waals surface area contributed by atoms with E-state index < -0.39 is 0 Å². The summed E-state index contributed by atoms with van der Waals surface area (Å²) in [6.45, 7) is 6.77. The second-order valence-corrected chi connectivity index (χ2v) is 5.90. The zero-order chi connectivity index (χ0) is 15.4.